The fraction of sp³-hybridized carbons (Fsp3) is 0.200. The van der Waals surface area contributed by atoms with Gasteiger partial charge in [0.1, 0.15) is 5.69 Å². The summed E-state index contributed by atoms with van der Waals surface area (Å²) in [5.74, 6) is -1.24. The molecule has 0 spiro atoms. The van der Waals surface area contributed by atoms with E-state index in [1.165, 1.54) is 12.5 Å². The molecule has 0 atom stereocenters. The molecule has 0 aromatic carbocycles. The molecular formula is C5H5N2O2-. The molecule has 48 valence electrons. The second-order valence-corrected chi connectivity index (χ2v) is 1.71. The van der Waals surface area contributed by atoms with Crippen LogP contribution in [-0.2, 0) is 7.05 Å². The van der Waals surface area contributed by atoms with Crippen LogP contribution in [0.25, 0.3) is 0 Å². The summed E-state index contributed by atoms with van der Waals surface area (Å²) in [6, 6.07) is 0. The molecule has 0 N–H and O–H groups in total. The van der Waals surface area contributed by atoms with E-state index < -0.39 is 5.97 Å². The molecule has 1 aromatic heterocycles. The number of carbonyl (C=O) groups is 1. The second kappa shape index (κ2) is 1.89. The van der Waals surface area contributed by atoms with Gasteiger partial charge in [0.15, 0.2) is 0 Å². The first kappa shape index (κ1) is 5.81. The molecule has 0 saturated carbocycles. The Hall–Kier alpha value is -1.32. The van der Waals surface area contributed by atoms with Gasteiger partial charge in [-0.05, 0) is 0 Å². The third-order valence-corrected chi connectivity index (χ3v) is 0.914. The first-order valence-corrected chi connectivity index (χ1v) is 2.39. The van der Waals surface area contributed by atoms with Crippen LogP contribution in [0.2, 0.25) is 0 Å². The molecule has 1 aromatic rings. The van der Waals surface area contributed by atoms with E-state index in [1.54, 1.807) is 11.6 Å². The number of imidazole rings is 1. The molecule has 0 radical (unpaired) electrons. The van der Waals surface area contributed by atoms with Gasteiger partial charge < -0.3 is 14.5 Å². The van der Waals surface area contributed by atoms with Crippen LogP contribution in [-0.4, -0.2) is 15.5 Å². The molecular weight excluding hydrogens is 120 g/mol. The Labute approximate surface area is 51.8 Å². The lowest BCUT2D eigenvalue weighted by atomic mass is 10.5. The molecule has 0 bridgehead atoms. The molecule has 0 saturated heterocycles. The van der Waals surface area contributed by atoms with Crippen LogP contribution in [0.1, 0.15) is 10.5 Å². The largest absolute Gasteiger partial charge is 0.543 e. The molecule has 0 aliphatic heterocycles. The maximum absolute atomic E-state index is 10.0. The van der Waals surface area contributed by atoms with Crippen molar-refractivity contribution < 1.29 is 9.90 Å². The van der Waals surface area contributed by atoms with Crippen LogP contribution >= 0.6 is 0 Å². The first-order chi connectivity index (χ1) is 4.20. The van der Waals surface area contributed by atoms with Gasteiger partial charge in [0.2, 0.25) is 0 Å². The minimum absolute atomic E-state index is 0.0301. The third kappa shape index (κ3) is 1.07. The number of carbonyl (C=O) groups excluding carboxylic acids is 1. The maximum atomic E-state index is 10.0. The van der Waals surface area contributed by atoms with Gasteiger partial charge in [-0.2, -0.15) is 0 Å². The topological polar surface area (TPSA) is 58.0 Å². The molecule has 0 unspecified atom stereocenters. The fourth-order valence-electron chi connectivity index (χ4n) is 0.518. The highest BCUT2D eigenvalue weighted by atomic mass is 16.4. The van der Waals surface area contributed by atoms with Crippen LogP contribution in [0.4, 0.5) is 0 Å². The lowest BCUT2D eigenvalue weighted by Gasteiger charge is -1.91. The summed E-state index contributed by atoms with van der Waals surface area (Å²) in [6.07, 6.45) is 2.79. The van der Waals surface area contributed by atoms with Crippen LogP contribution in [0.3, 0.4) is 0 Å². The van der Waals surface area contributed by atoms with Crippen LogP contribution in [0, 0.1) is 0 Å². The first-order valence-electron chi connectivity index (χ1n) is 2.39. The van der Waals surface area contributed by atoms with E-state index in [4.69, 9.17) is 0 Å². The summed E-state index contributed by atoms with van der Waals surface area (Å²) < 4.78 is 1.55. The van der Waals surface area contributed by atoms with Gasteiger partial charge in [-0.25, -0.2) is 4.98 Å². The summed E-state index contributed by atoms with van der Waals surface area (Å²) in [7, 11) is 1.69. The summed E-state index contributed by atoms with van der Waals surface area (Å²) in [6.45, 7) is 0. The summed E-state index contributed by atoms with van der Waals surface area (Å²) in [5, 5.41) is 10.0. The number of aryl methyl sites for hydroxylation is 1. The average molecular weight is 125 g/mol. The molecule has 0 amide bonds. The Morgan fingerprint density at radius 1 is 1.89 bits per heavy atom. The molecule has 4 heteroatoms. The SMILES string of the molecule is Cn1cnc(C(=O)[O-])c1. The zero-order valence-corrected chi connectivity index (χ0v) is 4.87. The van der Waals surface area contributed by atoms with Crippen LogP contribution in [0.5, 0.6) is 0 Å². The Kier molecular flexibility index (Phi) is 1.22. The standard InChI is InChI=1S/C5H6N2O2/c1-7-2-4(5(8)9)6-3-7/h2-3H,1H3,(H,8,9)/p-1. The predicted octanol–water partition coefficient (Wildman–Crippen LogP) is -1.22. The molecule has 0 aliphatic rings. The number of carboxylic acids is 1. The quantitative estimate of drug-likeness (QED) is 0.473. The van der Waals surface area contributed by atoms with E-state index in [2.05, 4.69) is 4.98 Å². The van der Waals surface area contributed by atoms with Crippen molar-refractivity contribution in [1.29, 1.82) is 0 Å². The van der Waals surface area contributed by atoms with Crippen LogP contribution in [0.15, 0.2) is 12.5 Å². The van der Waals surface area contributed by atoms with E-state index in [9.17, 15) is 9.90 Å². The smallest absolute Gasteiger partial charge is 0.104 e. The molecule has 0 aliphatic carbocycles. The van der Waals surface area contributed by atoms with Gasteiger partial charge in [-0.3, -0.25) is 0 Å². The maximum Gasteiger partial charge on any atom is 0.104 e. The van der Waals surface area contributed by atoms with Crippen LogP contribution < -0.4 is 5.11 Å². The van der Waals surface area contributed by atoms with Crippen molar-refractivity contribution in [3.63, 3.8) is 0 Å². The highest BCUT2D eigenvalue weighted by molar-refractivity contribution is 5.82. The number of aromatic nitrogens is 2. The zero-order valence-electron chi connectivity index (χ0n) is 4.87. The summed E-state index contributed by atoms with van der Waals surface area (Å²) >= 11 is 0. The number of hydrogen-bond donors (Lipinski definition) is 0. The van der Waals surface area contributed by atoms with E-state index in [1.807, 2.05) is 0 Å². The molecule has 4 nitrogen and oxygen atoms in total. The predicted molar refractivity (Wildman–Crippen MR) is 27.5 cm³/mol. The van der Waals surface area contributed by atoms with Gasteiger partial charge >= 0.3 is 0 Å². The van der Waals surface area contributed by atoms with Crippen molar-refractivity contribution in [3.05, 3.63) is 18.2 Å². The van der Waals surface area contributed by atoms with Crippen molar-refractivity contribution in [2.24, 2.45) is 7.05 Å². The summed E-state index contributed by atoms with van der Waals surface area (Å²) in [5.41, 5.74) is -0.0301. The minimum atomic E-state index is -1.24. The van der Waals surface area contributed by atoms with Gasteiger partial charge in [-0.15, -0.1) is 0 Å². The molecule has 9 heavy (non-hydrogen) atoms. The number of rotatable bonds is 1. The highest BCUT2D eigenvalue weighted by Gasteiger charge is 1.93. The fourth-order valence-corrected chi connectivity index (χ4v) is 0.518. The monoisotopic (exact) mass is 125 g/mol. The zero-order chi connectivity index (χ0) is 6.85. The Morgan fingerprint density at radius 3 is 2.78 bits per heavy atom. The van der Waals surface area contributed by atoms with Crippen molar-refractivity contribution >= 4 is 5.97 Å². The Balaban J connectivity index is 2.98. The number of nitrogens with zero attached hydrogens (tertiary/aromatic N) is 2. The van der Waals surface area contributed by atoms with Crippen molar-refractivity contribution in [3.8, 4) is 0 Å². The normalized spacial score (nSPS) is 9.44. The van der Waals surface area contributed by atoms with E-state index >= 15 is 0 Å². The lowest BCUT2D eigenvalue weighted by molar-refractivity contribution is -0.255. The molecule has 1 heterocycles. The molecule has 0 fully saturated rings. The third-order valence-electron chi connectivity index (χ3n) is 0.914. The minimum Gasteiger partial charge on any atom is -0.543 e. The van der Waals surface area contributed by atoms with Crippen molar-refractivity contribution in [2.45, 2.75) is 0 Å². The lowest BCUT2D eigenvalue weighted by Crippen LogP contribution is -2.22. The Bertz CT molecular complexity index is 229. The Morgan fingerprint density at radius 2 is 2.56 bits per heavy atom. The van der Waals surface area contributed by atoms with Gasteiger partial charge in [-0.1, -0.05) is 0 Å². The number of hydrogen-bond acceptors (Lipinski definition) is 3. The van der Waals surface area contributed by atoms with Crippen molar-refractivity contribution in [2.75, 3.05) is 0 Å². The average Bonchev–Trinajstić information content (AvgIpc) is 2.14. The van der Waals surface area contributed by atoms with Crippen molar-refractivity contribution in [1.82, 2.24) is 9.55 Å². The summed E-state index contributed by atoms with van der Waals surface area (Å²) in [4.78, 5) is 13.5. The highest BCUT2D eigenvalue weighted by Crippen LogP contribution is 1.89. The molecule has 1 rings (SSSR count). The van der Waals surface area contributed by atoms with E-state index in [0.29, 0.717) is 0 Å². The number of carboxylic acid groups (broad SMARTS) is 1. The second-order valence-electron chi connectivity index (χ2n) is 1.71. The van der Waals surface area contributed by atoms with Gasteiger partial charge in [0.25, 0.3) is 0 Å². The number of aromatic carboxylic acids is 1. The van der Waals surface area contributed by atoms with E-state index in [0.717, 1.165) is 0 Å². The van der Waals surface area contributed by atoms with Gasteiger partial charge in [0, 0.05) is 13.2 Å². The van der Waals surface area contributed by atoms with Gasteiger partial charge in [0.05, 0.1) is 12.3 Å². The van der Waals surface area contributed by atoms with E-state index in [-0.39, 0.29) is 5.69 Å².